The van der Waals surface area contributed by atoms with Crippen LogP contribution in [-0.4, -0.2) is 18.0 Å². The Kier molecular flexibility index (Phi) is 5.05. The Balaban J connectivity index is 2.05. The highest BCUT2D eigenvalue weighted by Gasteiger charge is 2.24. The van der Waals surface area contributed by atoms with Crippen LogP contribution in [-0.2, 0) is 9.53 Å². The van der Waals surface area contributed by atoms with Gasteiger partial charge in [0.05, 0.1) is 0 Å². The summed E-state index contributed by atoms with van der Waals surface area (Å²) in [6, 6.07) is 10.1. The number of amides is 1. The molecule has 0 heterocycles. The zero-order valence-electron chi connectivity index (χ0n) is 12.6. The molecule has 0 fully saturated rings. The van der Waals surface area contributed by atoms with Gasteiger partial charge in [0, 0.05) is 5.69 Å². The molecule has 1 N–H and O–H groups in total. The summed E-state index contributed by atoms with van der Waals surface area (Å²) in [5.41, 5.74) is 0.665. The van der Waals surface area contributed by atoms with Crippen molar-refractivity contribution in [3.05, 3.63) is 65.2 Å². The molecule has 2 aromatic carbocycles. The molecule has 0 saturated carbocycles. The number of hydrogen-bond acceptors (Lipinski definition) is 3. The van der Waals surface area contributed by atoms with E-state index < -0.39 is 35.2 Å². The van der Waals surface area contributed by atoms with E-state index >= 15 is 0 Å². The molecule has 0 radical (unpaired) electrons. The minimum Gasteiger partial charge on any atom is -0.449 e. The van der Waals surface area contributed by atoms with Crippen LogP contribution >= 0.6 is 0 Å². The number of aryl methyl sites for hydroxylation is 1. The minimum atomic E-state index is -1.23. The lowest BCUT2D eigenvalue weighted by Gasteiger charge is -2.14. The lowest BCUT2D eigenvalue weighted by atomic mass is 10.2. The summed E-state index contributed by atoms with van der Waals surface area (Å²) in [7, 11) is 0. The molecule has 0 aromatic heterocycles. The van der Waals surface area contributed by atoms with E-state index in [9.17, 15) is 18.4 Å². The molecule has 0 aliphatic rings. The second-order valence-electron chi connectivity index (χ2n) is 5.00. The number of hydrogen-bond donors (Lipinski definition) is 1. The topological polar surface area (TPSA) is 55.4 Å². The first-order valence-electron chi connectivity index (χ1n) is 6.91. The number of benzene rings is 2. The van der Waals surface area contributed by atoms with Crippen LogP contribution in [0.4, 0.5) is 14.5 Å². The van der Waals surface area contributed by atoms with Gasteiger partial charge >= 0.3 is 5.97 Å². The van der Waals surface area contributed by atoms with Crippen molar-refractivity contribution in [1.82, 2.24) is 0 Å². The molecule has 2 rings (SSSR count). The van der Waals surface area contributed by atoms with Gasteiger partial charge in [-0.2, -0.15) is 0 Å². The Morgan fingerprint density at radius 2 is 1.70 bits per heavy atom. The molecule has 4 nitrogen and oxygen atoms in total. The number of ether oxygens (including phenoxy) is 1. The number of carbonyl (C=O) groups excluding carboxylic acids is 2. The molecule has 0 spiro atoms. The highest BCUT2D eigenvalue weighted by atomic mass is 19.1. The molecule has 23 heavy (non-hydrogen) atoms. The lowest BCUT2D eigenvalue weighted by Crippen LogP contribution is -2.30. The number of esters is 1. The molecule has 0 bridgehead atoms. The van der Waals surface area contributed by atoms with Crippen molar-refractivity contribution in [3.63, 3.8) is 0 Å². The van der Waals surface area contributed by atoms with Crippen molar-refractivity contribution >= 4 is 17.6 Å². The second-order valence-corrected chi connectivity index (χ2v) is 5.00. The van der Waals surface area contributed by atoms with Gasteiger partial charge < -0.3 is 10.1 Å². The zero-order valence-corrected chi connectivity index (χ0v) is 12.6. The fraction of sp³-hybridized carbons (Fsp3) is 0.176. The third kappa shape index (κ3) is 4.12. The van der Waals surface area contributed by atoms with Gasteiger partial charge in [0.15, 0.2) is 6.10 Å². The predicted octanol–water partition coefficient (Wildman–Crippen LogP) is 3.46. The van der Waals surface area contributed by atoms with Gasteiger partial charge in [-0.1, -0.05) is 18.2 Å². The summed E-state index contributed by atoms with van der Waals surface area (Å²) in [4.78, 5) is 23.8. The van der Waals surface area contributed by atoms with E-state index in [0.29, 0.717) is 5.69 Å². The quantitative estimate of drug-likeness (QED) is 0.878. The lowest BCUT2D eigenvalue weighted by molar-refractivity contribution is -0.123. The van der Waals surface area contributed by atoms with Gasteiger partial charge in [0.25, 0.3) is 5.91 Å². The summed E-state index contributed by atoms with van der Waals surface area (Å²) < 4.78 is 31.8. The van der Waals surface area contributed by atoms with Crippen molar-refractivity contribution in [3.8, 4) is 0 Å². The highest BCUT2D eigenvalue weighted by molar-refractivity contribution is 5.97. The van der Waals surface area contributed by atoms with Crippen LogP contribution in [0.15, 0.2) is 42.5 Å². The maximum absolute atomic E-state index is 13.5. The van der Waals surface area contributed by atoms with Gasteiger partial charge in [0.1, 0.15) is 17.2 Å². The van der Waals surface area contributed by atoms with Crippen molar-refractivity contribution in [2.75, 3.05) is 5.32 Å². The third-order valence-electron chi connectivity index (χ3n) is 3.11. The normalized spacial score (nSPS) is 11.7. The van der Waals surface area contributed by atoms with Crippen LogP contribution in [0.5, 0.6) is 0 Å². The molecular weight excluding hydrogens is 304 g/mol. The van der Waals surface area contributed by atoms with Crippen LogP contribution in [0.3, 0.4) is 0 Å². The van der Waals surface area contributed by atoms with Crippen LogP contribution in [0.25, 0.3) is 0 Å². The van der Waals surface area contributed by atoms with Gasteiger partial charge in [-0.3, -0.25) is 4.79 Å². The van der Waals surface area contributed by atoms with Crippen molar-refractivity contribution in [1.29, 1.82) is 0 Å². The summed E-state index contributed by atoms with van der Waals surface area (Å²) in [6.07, 6.45) is -1.21. The Morgan fingerprint density at radius 1 is 1.09 bits per heavy atom. The number of anilines is 1. The first kappa shape index (κ1) is 16.6. The fourth-order valence-corrected chi connectivity index (χ4v) is 1.93. The maximum atomic E-state index is 13.5. The van der Waals surface area contributed by atoms with Crippen LogP contribution < -0.4 is 5.32 Å². The molecule has 1 amide bonds. The monoisotopic (exact) mass is 319 g/mol. The van der Waals surface area contributed by atoms with E-state index in [-0.39, 0.29) is 0 Å². The molecule has 2 aromatic rings. The molecule has 1 atom stereocenters. The fourth-order valence-electron chi connectivity index (χ4n) is 1.93. The Morgan fingerprint density at radius 3 is 2.30 bits per heavy atom. The SMILES string of the molecule is Cc1cccc(NC(=O)[C@H](C)OC(=O)c2c(F)cccc2F)c1. The van der Waals surface area contributed by atoms with Crippen LogP contribution in [0.1, 0.15) is 22.8 Å². The van der Waals surface area contributed by atoms with Gasteiger partial charge in [-0.05, 0) is 43.7 Å². The van der Waals surface area contributed by atoms with E-state index in [2.05, 4.69) is 5.32 Å². The first-order valence-corrected chi connectivity index (χ1v) is 6.91. The van der Waals surface area contributed by atoms with E-state index in [1.165, 1.54) is 6.92 Å². The van der Waals surface area contributed by atoms with Crippen LogP contribution in [0, 0.1) is 18.6 Å². The number of rotatable bonds is 4. The van der Waals surface area contributed by atoms with Crippen molar-refractivity contribution in [2.45, 2.75) is 20.0 Å². The van der Waals surface area contributed by atoms with E-state index in [4.69, 9.17) is 4.74 Å². The molecule has 0 aliphatic heterocycles. The zero-order chi connectivity index (χ0) is 17.0. The standard InChI is InChI=1S/C17H15F2NO3/c1-10-5-3-6-12(9-10)20-16(21)11(2)23-17(22)15-13(18)7-4-8-14(15)19/h3-9,11H,1-2H3,(H,20,21)/t11-/m0/s1. The Bertz CT molecular complexity index is 726. The molecule has 0 aliphatic carbocycles. The minimum absolute atomic E-state index is 0.537. The van der Waals surface area contributed by atoms with E-state index in [0.717, 1.165) is 23.8 Å². The Labute approximate surface area is 132 Å². The van der Waals surface area contributed by atoms with Gasteiger partial charge in [-0.15, -0.1) is 0 Å². The molecular formula is C17H15F2NO3. The van der Waals surface area contributed by atoms with Gasteiger partial charge in [-0.25, -0.2) is 13.6 Å². The molecule has 0 unspecified atom stereocenters. The largest absolute Gasteiger partial charge is 0.449 e. The average molecular weight is 319 g/mol. The van der Waals surface area contributed by atoms with Crippen molar-refractivity contribution < 1.29 is 23.1 Å². The van der Waals surface area contributed by atoms with E-state index in [1.807, 2.05) is 13.0 Å². The maximum Gasteiger partial charge on any atom is 0.344 e. The third-order valence-corrected chi connectivity index (χ3v) is 3.11. The molecule has 120 valence electrons. The number of nitrogens with one attached hydrogen (secondary N) is 1. The summed E-state index contributed by atoms with van der Waals surface area (Å²) >= 11 is 0. The predicted molar refractivity (Wildman–Crippen MR) is 81.0 cm³/mol. The number of halogens is 2. The van der Waals surface area contributed by atoms with Crippen molar-refractivity contribution in [2.24, 2.45) is 0 Å². The highest BCUT2D eigenvalue weighted by Crippen LogP contribution is 2.15. The van der Waals surface area contributed by atoms with Gasteiger partial charge in [0.2, 0.25) is 0 Å². The first-order chi connectivity index (χ1) is 10.9. The Hall–Kier alpha value is -2.76. The number of carbonyl (C=O) groups is 2. The summed E-state index contributed by atoms with van der Waals surface area (Å²) in [6.45, 7) is 3.18. The molecule has 6 heteroatoms. The smallest absolute Gasteiger partial charge is 0.344 e. The second kappa shape index (κ2) is 7.00. The average Bonchev–Trinajstić information content (AvgIpc) is 2.46. The van der Waals surface area contributed by atoms with Crippen LogP contribution in [0.2, 0.25) is 0 Å². The van der Waals surface area contributed by atoms with E-state index in [1.54, 1.807) is 18.2 Å². The summed E-state index contributed by atoms with van der Waals surface area (Å²) in [5.74, 6) is -3.91. The summed E-state index contributed by atoms with van der Waals surface area (Å²) in [5, 5.41) is 2.56. The molecule has 0 saturated heterocycles.